The molecule has 2 aromatic rings. The Morgan fingerprint density at radius 1 is 1.21 bits per heavy atom. The maximum Gasteiger partial charge on any atom is 0.409 e. The number of carbonyl (C=O) groups excluding carboxylic acids is 1. The van der Waals surface area contributed by atoms with Gasteiger partial charge < -0.3 is 24.4 Å². The number of likely N-dealkylation sites (tertiary alicyclic amines) is 1. The van der Waals surface area contributed by atoms with Crippen molar-refractivity contribution in [2.24, 2.45) is 0 Å². The monoisotopic (exact) mass is 494 g/mol. The fourth-order valence-corrected chi connectivity index (χ4v) is 4.23. The summed E-state index contributed by atoms with van der Waals surface area (Å²) in [6.45, 7) is 4.57. The van der Waals surface area contributed by atoms with E-state index in [-0.39, 0.29) is 18.8 Å². The molecule has 2 heterocycles. The number of nitrogens with zero attached hydrogens (tertiary/aromatic N) is 3. The van der Waals surface area contributed by atoms with Crippen molar-refractivity contribution in [1.29, 1.82) is 0 Å². The molecule has 1 aromatic heterocycles. The second-order valence-electron chi connectivity index (χ2n) is 7.94. The molecular weight excluding hydrogens is 463 g/mol. The Morgan fingerprint density at radius 3 is 2.59 bits per heavy atom. The number of aromatic nitrogens is 2. The molecule has 34 heavy (non-hydrogen) atoms. The minimum absolute atomic E-state index is 0.238. The number of nitrogens with one attached hydrogen (secondary N) is 1. The predicted octanol–water partition coefficient (Wildman–Crippen LogP) is 4.54. The van der Waals surface area contributed by atoms with Crippen LogP contribution in [0.1, 0.15) is 31.7 Å². The van der Waals surface area contributed by atoms with Crippen LogP contribution in [-0.2, 0) is 22.3 Å². The van der Waals surface area contributed by atoms with Gasteiger partial charge >= 0.3 is 6.09 Å². The number of amides is 1. The summed E-state index contributed by atoms with van der Waals surface area (Å²) in [5.74, 6) is 1.31. The third-order valence-electron chi connectivity index (χ3n) is 5.77. The maximum absolute atomic E-state index is 12.6. The highest BCUT2D eigenvalue weighted by Crippen LogP contribution is 2.33. The highest BCUT2D eigenvalue weighted by atomic mass is 35.5. The van der Waals surface area contributed by atoms with Crippen molar-refractivity contribution in [3.05, 3.63) is 34.6 Å². The summed E-state index contributed by atoms with van der Waals surface area (Å²) in [5.41, 5.74) is 3.09. The number of anilines is 1. The van der Waals surface area contributed by atoms with Crippen molar-refractivity contribution in [2.75, 3.05) is 45.9 Å². The molecule has 10 heteroatoms. The Balaban J connectivity index is 1.91. The van der Waals surface area contributed by atoms with Crippen LogP contribution in [0, 0.1) is 0 Å². The third-order valence-corrected chi connectivity index (χ3v) is 6.09. The number of halogens is 2. The molecule has 186 valence electrons. The number of alkyl halides is 1. The van der Waals surface area contributed by atoms with Crippen LogP contribution in [0.3, 0.4) is 0 Å². The molecule has 0 bridgehead atoms. The molecule has 3 rings (SSSR count). The highest BCUT2D eigenvalue weighted by molar-refractivity contribution is 6.33. The largest absolute Gasteiger partial charge is 0.497 e. The lowest BCUT2D eigenvalue weighted by atomic mass is 10.1. The minimum Gasteiger partial charge on any atom is -0.497 e. The van der Waals surface area contributed by atoms with Gasteiger partial charge in [-0.15, -0.1) is 0 Å². The Kier molecular flexibility index (Phi) is 9.29. The van der Waals surface area contributed by atoms with Gasteiger partial charge in [0.1, 0.15) is 11.6 Å². The average molecular weight is 495 g/mol. The summed E-state index contributed by atoms with van der Waals surface area (Å²) in [4.78, 5) is 23.5. The molecule has 2 atom stereocenters. The Labute approximate surface area is 204 Å². The Bertz CT molecular complexity index is 994. The van der Waals surface area contributed by atoms with Gasteiger partial charge in [-0.2, -0.15) is 0 Å². The molecule has 1 amide bonds. The molecular formula is C24H32ClFN4O4. The smallest absolute Gasteiger partial charge is 0.409 e. The minimum atomic E-state index is -0.452. The van der Waals surface area contributed by atoms with Gasteiger partial charge in [-0.1, -0.05) is 25.4 Å². The van der Waals surface area contributed by atoms with Crippen molar-refractivity contribution in [2.45, 2.75) is 45.3 Å². The van der Waals surface area contributed by atoms with Crippen LogP contribution < -0.4 is 10.1 Å². The predicted molar refractivity (Wildman–Crippen MR) is 130 cm³/mol. The average Bonchev–Trinajstić information content (AvgIpc) is 3.25. The SMILES string of the molecule is CCc1nc(-c2ccc(OC)cc2Cl)c(CC)nc1N[C@@H]1CN(C(=O)OC)C[C@@H]1OCCCF. The summed E-state index contributed by atoms with van der Waals surface area (Å²) in [6, 6.07) is 5.25. The summed E-state index contributed by atoms with van der Waals surface area (Å²) in [5, 5.41) is 3.98. The van der Waals surface area contributed by atoms with Crippen molar-refractivity contribution in [3.63, 3.8) is 0 Å². The molecule has 8 nitrogen and oxygen atoms in total. The van der Waals surface area contributed by atoms with Gasteiger partial charge in [-0.05, 0) is 37.5 Å². The summed E-state index contributed by atoms with van der Waals surface area (Å²) in [7, 11) is 2.94. The number of carbonyl (C=O) groups is 1. The van der Waals surface area contributed by atoms with Crippen LogP contribution >= 0.6 is 11.6 Å². The van der Waals surface area contributed by atoms with E-state index in [0.29, 0.717) is 48.9 Å². The van der Waals surface area contributed by atoms with E-state index < -0.39 is 12.8 Å². The quantitative estimate of drug-likeness (QED) is 0.485. The fraction of sp³-hybridized carbons (Fsp3) is 0.542. The van der Waals surface area contributed by atoms with Gasteiger partial charge in [0.05, 0.1) is 61.7 Å². The van der Waals surface area contributed by atoms with E-state index in [2.05, 4.69) is 5.32 Å². The zero-order valence-corrected chi connectivity index (χ0v) is 20.8. The number of hydrogen-bond acceptors (Lipinski definition) is 7. The van der Waals surface area contributed by atoms with Gasteiger partial charge in [0.15, 0.2) is 0 Å². The molecule has 0 saturated carbocycles. The summed E-state index contributed by atoms with van der Waals surface area (Å²) >= 11 is 6.53. The molecule has 0 aliphatic carbocycles. The van der Waals surface area contributed by atoms with Crippen LogP contribution in [0.25, 0.3) is 11.3 Å². The van der Waals surface area contributed by atoms with Crippen molar-refractivity contribution in [1.82, 2.24) is 14.9 Å². The number of methoxy groups -OCH3 is 2. The highest BCUT2D eigenvalue weighted by Gasteiger charge is 2.37. The molecule has 1 aliphatic heterocycles. The van der Waals surface area contributed by atoms with Gasteiger partial charge in [-0.3, -0.25) is 4.39 Å². The molecule has 1 fully saturated rings. The molecule has 1 aliphatic rings. The lowest BCUT2D eigenvalue weighted by Crippen LogP contribution is -2.35. The Hall–Kier alpha value is -2.65. The van der Waals surface area contributed by atoms with Crippen LogP contribution in [-0.4, -0.2) is 73.7 Å². The Morgan fingerprint density at radius 2 is 1.97 bits per heavy atom. The lowest BCUT2D eigenvalue weighted by Gasteiger charge is -2.22. The maximum atomic E-state index is 12.6. The van der Waals surface area contributed by atoms with Crippen molar-refractivity contribution < 1.29 is 23.4 Å². The molecule has 0 unspecified atom stereocenters. The van der Waals surface area contributed by atoms with E-state index in [4.69, 9.17) is 35.8 Å². The van der Waals surface area contributed by atoms with E-state index in [0.717, 1.165) is 22.6 Å². The van der Waals surface area contributed by atoms with E-state index >= 15 is 0 Å². The van der Waals surface area contributed by atoms with E-state index in [1.165, 1.54) is 7.11 Å². The second kappa shape index (κ2) is 12.2. The summed E-state index contributed by atoms with van der Waals surface area (Å²) in [6.07, 6.45) is 0.847. The number of benzene rings is 1. The van der Waals surface area contributed by atoms with Crippen LogP contribution in [0.5, 0.6) is 5.75 Å². The number of hydrogen-bond donors (Lipinski definition) is 1. The summed E-state index contributed by atoms with van der Waals surface area (Å²) < 4.78 is 28.6. The standard InChI is InChI=1S/C24H32ClFN4O4/c1-5-18-22(16-9-8-15(32-3)12-17(16)25)27-19(6-2)23(28-18)29-20-13-30(24(31)33-4)14-21(20)34-11-7-10-26/h8-9,12,20-21H,5-7,10-11,13-14H2,1-4H3,(H,28,29)/t20-,21+/m1/s1. The molecule has 1 saturated heterocycles. The molecule has 0 radical (unpaired) electrons. The first-order valence-electron chi connectivity index (χ1n) is 11.5. The molecule has 0 spiro atoms. The normalized spacial score (nSPS) is 17.6. The molecule has 1 N–H and O–H groups in total. The first-order valence-corrected chi connectivity index (χ1v) is 11.8. The van der Waals surface area contributed by atoms with Gasteiger partial charge in [0, 0.05) is 18.7 Å². The van der Waals surface area contributed by atoms with E-state index in [1.54, 1.807) is 18.1 Å². The van der Waals surface area contributed by atoms with Crippen LogP contribution in [0.4, 0.5) is 15.0 Å². The third kappa shape index (κ3) is 5.88. The topological polar surface area (TPSA) is 85.8 Å². The zero-order valence-electron chi connectivity index (χ0n) is 20.1. The van der Waals surface area contributed by atoms with Crippen LogP contribution in [0.2, 0.25) is 5.02 Å². The number of aryl methyl sites for hydroxylation is 2. The zero-order chi connectivity index (χ0) is 24.7. The first-order chi connectivity index (χ1) is 16.4. The van der Waals surface area contributed by atoms with Crippen molar-refractivity contribution in [3.8, 4) is 17.0 Å². The van der Waals surface area contributed by atoms with E-state index in [1.807, 2.05) is 26.0 Å². The lowest BCUT2D eigenvalue weighted by molar-refractivity contribution is 0.0484. The molecule has 1 aromatic carbocycles. The first kappa shape index (κ1) is 26.0. The van der Waals surface area contributed by atoms with Gasteiger partial charge in [-0.25, -0.2) is 14.8 Å². The van der Waals surface area contributed by atoms with Gasteiger partial charge in [0.25, 0.3) is 0 Å². The fourth-order valence-electron chi connectivity index (χ4n) is 3.97. The van der Waals surface area contributed by atoms with Crippen molar-refractivity contribution >= 4 is 23.5 Å². The number of rotatable bonds is 10. The van der Waals surface area contributed by atoms with Crippen LogP contribution in [0.15, 0.2) is 18.2 Å². The second-order valence-corrected chi connectivity index (χ2v) is 8.35. The van der Waals surface area contributed by atoms with Gasteiger partial charge in [0.2, 0.25) is 0 Å². The number of ether oxygens (including phenoxy) is 3. The van der Waals surface area contributed by atoms with E-state index in [9.17, 15) is 9.18 Å².